The van der Waals surface area contributed by atoms with Crippen LogP contribution >= 0.6 is 0 Å². The van der Waals surface area contributed by atoms with E-state index >= 15 is 0 Å². The quantitative estimate of drug-likeness (QED) is 0.161. The van der Waals surface area contributed by atoms with Gasteiger partial charge in [-0.05, 0) is 81.9 Å². The molecular weight excluding hydrogens is 637 g/mol. The molecule has 248 valence electrons. The summed E-state index contributed by atoms with van der Waals surface area (Å²) in [6, 6.07) is 50.1. The van der Waals surface area contributed by atoms with Crippen molar-refractivity contribution >= 4 is 66.1 Å². The van der Waals surface area contributed by atoms with E-state index in [9.17, 15) is 0 Å². The molecule has 0 aromatic heterocycles. The number of nitrogens with one attached hydrogen (secondary N) is 1. The minimum atomic E-state index is -1.49. The van der Waals surface area contributed by atoms with Crippen molar-refractivity contribution in [3.63, 3.8) is 0 Å². The zero-order valence-electron chi connectivity index (χ0n) is 30.1. The number of hydrogen-bond donors (Lipinski definition) is 1. The van der Waals surface area contributed by atoms with E-state index < -0.39 is 21.7 Å². The molecule has 0 saturated carbocycles. The van der Waals surface area contributed by atoms with Crippen LogP contribution in [0.3, 0.4) is 0 Å². The smallest absolute Gasteiger partial charge is 0.115 e. The second kappa shape index (κ2) is 12.2. The van der Waals surface area contributed by atoms with Crippen molar-refractivity contribution in [3.05, 3.63) is 173 Å². The lowest BCUT2D eigenvalue weighted by molar-refractivity contribution is 0.658. The molecule has 2 aliphatic carbocycles. The number of nitrogens with zero attached hydrogens (tertiary/aromatic N) is 1. The average Bonchev–Trinajstić information content (AvgIpc) is 3.12. The van der Waals surface area contributed by atoms with Gasteiger partial charge in [-0.3, -0.25) is 0 Å². The van der Waals surface area contributed by atoms with Gasteiger partial charge >= 0.3 is 0 Å². The van der Waals surface area contributed by atoms with Crippen LogP contribution in [0, 0.1) is 0 Å². The van der Waals surface area contributed by atoms with E-state index in [0.29, 0.717) is 0 Å². The largest absolute Gasteiger partial charge is 0.355 e. The van der Waals surface area contributed by atoms with Gasteiger partial charge in [0.05, 0.1) is 16.1 Å². The van der Waals surface area contributed by atoms with Crippen molar-refractivity contribution in [1.82, 2.24) is 0 Å². The maximum Gasteiger partial charge on any atom is 0.115 e. The third kappa shape index (κ3) is 5.48. The van der Waals surface area contributed by atoms with Crippen LogP contribution in [0.25, 0.3) is 22.5 Å². The predicted octanol–water partition coefficient (Wildman–Crippen LogP) is 11.0. The SMILES string of the molecule is C[Si](C)(C)c1ccc(N(c2ccc([Si](C)(C)C)cc2)C2(c3ccccc3)C=Cc3ccc4c5c(ccc2c35)CC=C4Nc2ccccc2)cc1. The van der Waals surface area contributed by atoms with Crippen LogP contribution in [-0.2, 0) is 12.0 Å². The lowest BCUT2D eigenvalue weighted by Gasteiger charge is -2.47. The van der Waals surface area contributed by atoms with Crippen molar-refractivity contribution < 1.29 is 0 Å². The summed E-state index contributed by atoms with van der Waals surface area (Å²) in [5, 5.41) is 9.39. The third-order valence-corrected chi connectivity index (χ3v) is 14.7. The second-order valence-corrected chi connectivity index (χ2v) is 26.1. The van der Waals surface area contributed by atoms with E-state index in [0.717, 1.165) is 12.1 Å². The highest BCUT2D eigenvalue weighted by molar-refractivity contribution is 6.89. The Morgan fingerprint density at radius 1 is 0.580 bits per heavy atom. The summed E-state index contributed by atoms with van der Waals surface area (Å²) in [6.07, 6.45) is 8.08. The van der Waals surface area contributed by atoms with Crippen LogP contribution in [0.5, 0.6) is 0 Å². The number of benzene rings is 6. The van der Waals surface area contributed by atoms with Crippen LogP contribution in [0.15, 0.2) is 146 Å². The Bertz CT molecular complexity index is 2200. The van der Waals surface area contributed by atoms with Gasteiger partial charge in [-0.25, -0.2) is 0 Å². The van der Waals surface area contributed by atoms with Gasteiger partial charge in [0.2, 0.25) is 0 Å². The summed E-state index contributed by atoms with van der Waals surface area (Å²) in [5.41, 5.74) is 10.5. The molecule has 0 spiro atoms. The molecule has 1 atom stereocenters. The molecule has 6 aromatic rings. The minimum absolute atomic E-state index is 0.596. The van der Waals surface area contributed by atoms with E-state index in [1.807, 2.05) is 0 Å². The first-order valence-electron chi connectivity index (χ1n) is 17.9. The van der Waals surface area contributed by atoms with Gasteiger partial charge in [-0.15, -0.1) is 0 Å². The fraction of sp³-hybridized carbons (Fsp3) is 0.174. The Kier molecular flexibility index (Phi) is 7.85. The van der Waals surface area contributed by atoms with Crippen molar-refractivity contribution in [2.45, 2.75) is 51.2 Å². The first-order chi connectivity index (χ1) is 24.0. The minimum Gasteiger partial charge on any atom is -0.355 e. The highest BCUT2D eigenvalue weighted by Crippen LogP contribution is 2.52. The summed E-state index contributed by atoms with van der Waals surface area (Å²) >= 11 is 0. The van der Waals surface area contributed by atoms with Gasteiger partial charge in [-0.1, -0.05) is 159 Å². The van der Waals surface area contributed by atoms with Crippen LogP contribution < -0.4 is 20.6 Å². The van der Waals surface area contributed by atoms with E-state index in [-0.39, 0.29) is 0 Å². The van der Waals surface area contributed by atoms with E-state index in [1.54, 1.807) is 0 Å². The zero-order chi connectivity index (χ0) is 34.7. The summed E-state index contributed by atoms with van der Waals surface area (Å²) in [7, 11) is -2.98. The molecule has 0 saturated heterocycles. The van der Waals surface area contributed by atoms with Gasteiger partial charge < -0.3 is 10.2 Å². The van der Waals surface area contributed by atoms with E-state index in [4.69, 9.17) is 0 Å². The number of hydrogen-bond acceptors (Lipinski definition) is 2. The lowest BCUT2D eigenvalue weighted by atomic mass is 9.72. The predicted molar refractivity (Wildman–Crippen MR) is 223 cm³/mol. The van der Waals surface area contributed by atoms with Gasteiger partial charge in [0.15, 0.2) is 0 Å². The molecule has 2 nitrogen and oxygen atoms in total. The van der Waals surface area contributed by atoms with Crippen molar-refractivity contribution in [2.24, 2.45) is 0 Å². The summed E-state index contributed by atoms with van der Waals surface area (Å²) in [5.74, 6) is 0. The highest BCUT2D eigenvalue weighted by Gasteiger charge is 2.43. The standard InChI is InChI=1S/C46H46N2Si2/c1-49(2,3)39-24-20-37(21-25-39)48(38-22-26-40(27-23-38)50(4,5)6)46(35-13-9-7-10-14-35)32-31-34-17-28-41-43(47-36-15-11-8-12-16-36)30-19-33-18-29-42(46)45(34)44(33)41/h7-18,20-32,47H,19H2,1-6H3. The molecule has 0 radical (unpaired) electrons. The maximum absolute atomic E-state index is 3.76. The molecule has 2 aliphatic rings. The Balaban J connectivity index is 1.40. The summed E-state index contributed by atoms with van der Waals surface area (Å²) in [6.45, 7) is 14.6. The van der Waals surface area contributed by atoms with Crippen molar-refractivity contribution in [3.8, 4) is 0 Å². The van der Waals surface area contributed by atoms with Crippen LogP contribution in [0.2, 0.25) is 39.3 Å². The molecule has 0 bridgehead atoms. The Hall–Kier alpha value is -4.91. The van der Waals surface area contributed by atoms with Crippen LogP contribution in [0.4, 0.5) is 17.1 Å². The van der Waals surface area contributed by atoms with E-state index in [1.165, 1.54) is 66.0 Å². The average molecular weight is 683 g/mol. The van der Waals surface area contributed by atoms with Crippen molar-refractivity contribution in [2.75, 3.05) is 10.2 Å². The molecule has 50 heavy (non-hydrogen) atoms. The third-order valence-electron chi connectivity index (χ3n) is 10.6. The molecule has 8 rings (SSSR count). The number of para-hydroxylation sites is 1. The second-order valence-electron chi connectivity index (χ2n) is 15.9. The molecule has 0 heterocycles. The molecule has 6 aromatic carbocycles. The molecule has 0 amide bonds. The first-order valence-corrected chi connectivity index (χ1v) is 24.9. The summed E-state index contributed by atoms with van der Waals surface area (Å²) in [4.78, 5) is 2.61. The lowest BCUT2D eigenvalue weighted by Crippen LogP contribution is -2.45. The Morgan fingerprint density at radius 2 is 1.16 bits per heavy atom. The van der Waals surface area contributed by atoms with Gasteiger partial charge in [0.1, 0.15) is 5.54 Å². The fourth-order valence-corrected chi connectivity index (χ4v) is 10.2. The molecule has 1 unspecified atom stereocenters. The van der Waals surface area contributed by atoms with E-state index in [2.05, 4.69) is 201 Å². The zero-order valence-corrected chi connectivity index (χ0v) is 32.1. The maximum atomic E-state index is 3.76. The molecule has 1 N–H and O–H groups in total. The molecule has 0 fully saturated rings. The Labute approximate surface area is 299 Å². The molecule has 0 aliphatic heterocycles. The highest BCUT2D eigenvalue weighted by atomic mass is 28.3. The molecular formula is C46H46N2Si2. The number of rotatable bonds is 8. The van der Waals surface area contributed by atoms with Gasteiger partial charge in [0, 0.05) is 28.3 Å². The Morgan fingerprint density at radius 3 is 1.74 bits per heavy atom. The normalized spacial score (nSPS) is 16.6. The van der Waals surface area contributed by atoms with Crippen LogP contribution in [0.1, 0.15) is 27.8 Å². The van der Waals surface area contributed by atoms with Crippen molar-refractivity contribution in [1.29, 1.82) is 0 Å². The van der Waals surface area contributed by atoms with Gasteiger partial charge in [0.25, 0.3) is 0 Å². The van der Waals surface area contributed by atoms with Gasteiger partial charge in [-0.2, -0.15) is 0 Å². The molecule has 4 heteroatoms. The number of anilines is 3. The monoisotopic (exact) mass is 682 g/mol. The van der Waals surface area contributed by atoms with Crippen LogP contribution in [-0.4, -0.2) is 16.1 Å². The fourth-order valence-electron chi connectivity index (χ4n) is 7.91. The number of allylic oxidation sites excluding steroid dienone is 1. The topological polar surface area (TPSA) is 15.3 Å². The first kappa shape index (κ1) is 32.3. The summed E-state index contributed by atoms with van der Waals surface area (Å²) < 4.78 is 0.